The van der Waals surface area contributed by atoms with Crippen LogP contribution in [0.1, 0.15) is 6.92 Å². The van der Waals surface area contributed by atoms with Crippen LogP contribution >= 0.6 is 12.2 Å². The van der Waals surface area contributed by atoms with Crippen LogP contribution in [0, 0.1) is 0 Å². The van der Waals surface area contributed by atoms with E-state index in [1.54, 1.807) is 19.1 Å². The Morgan fingerprint density at radius 2 is 2.27 bits per heavy atom. The summed E-state index contributed by atoms with van der Waals surface area (Å²) in [5.41, 5.74) is 5.47. The minimum Gasteiger partial charge on any atom is -0.392 e. The Kier molecular flexibility index (Phi) is 7.19. The van der Waals surface area contributed by atoms with Crippen molar-refractivity contribution in [2.24, 2.45) is 5.73 Å². The Labute approximate surface area is 95.9 Å². The first-order chi connectivity index (χ1) is 6.99. The van der Waals surface area contributed by atoms with Gasteiger partial charge in [0.05, 0.1) is 24.2 Å². The van der Waals surface area contributed by atoms with Crippen LogP contribution < -0.4 is 11.1 Å². The third-order valence-electron chi connectivity index (χ3n) is 2.09. The molecule has 5 nitrogen and oxygen atoms in total. The molecule has 0 aromatic carbocycles. The molecule has 0 aliphatic rings. The molecule has 88 valence electrons. The lowest BCUT2D eigenvalue weighted by molar-refractivity contribution is -0.122. The summed E-state index contributed by atoms with van der Waals surface area (Å²) in [5.74, 6) is -0.0577. The highest BCUT2D eigenvalue weighted by Gasteiger charge is 2.14. The van der Waals surface area contributed by atoms with Gasteiger partial charge in [0, 0.05) is 13.7 Å². The molecule has 0 aliphatic carbocycles. The van der Waals surface area contributed by atoms with E-state index in [1.165, 1.54) is 0 Å². The third kappa shape index (κ3) is 6.38. The average Bonchev–Trinajstić information content (AvgIpc) is 2.16. The van der Waals surface area contributed by atoms with Crippen LogP contribution in [-0.4, -0.2) is 55.7 Å². The predicted molar refractivity (Wildman–Crippen MR) is 63.8 cm³/mol. The Bertz CT molecular complexity index is 223. The maximum atomic E-state index is 11.4. The molecular formula is C9H19N3O2S. The van der Waals surface area contributed by atoms with Crippen LogP contribution in [0.15, 0.2) is 0 Å². The lowest BCUT2D eigenvalue weighted by atomic mass is 10.3. The summed E-state index contributed by atoms with van der Waals surface area (Å²) >= 11 is 4.84. The molecule has 0 aliphatic heterocycles. The monoisotopic (exact) mass is 233 g/mol. The fraction of sp³-hybridized carbons (Fsp3) is 0.778. The van der Waals surface area contributed by atoms with Gasteiger partial charge in [0.15, 0.2) is 0 Å². The van der Waals surface area contributed by atoms with Gasteiger partial charge in [-0.2, -0.15) is 0 Å². The fourth-order valence-corrected chi connectivity index (χ4v) is 1.11. The number of hydrogen-bond acceptors (Lipinski definition) is 4. The Balaban J connectivity index is 3.80. The summed E-state index contributed by atoms with van der Waals surface area (Å²) in [6.45, 7) is 3.18. The molecule has 0 bridgehead atoms. The Morgan fingerprint density at radius 1 is 1.67 bits per heavy atom. The number of rotatable bonds is 7. The van der Waals surface area contributed by atoms with Gasteiger partial charge in [0.25, 0.3) is 0 Å². The minimum absolute atomic E-state index is 0.0577. The van der Waals surface area contributed by atoms with Crippen molar-refractivity contribution >= 4 is 23.1 Å². The lowest BCUT2D eigenvalue weighted by Crippen LogP contribution is -2.45. The van der Waals surface area contributed by atoms with Gasteiger partial charge in [-0.25, -0.2) is 0 Å². The van der Waals surface area contributed by atoms with Crippen LogP contribution in [0.5, 0.6) is 0 Å². The highest BCUT2D eigenvalue weighted by Crippen LogP contribution is 1.94. The molecule has 0 saturated heterocycles. The molecule has 6 heteroatoms. The summed E-state index contributed by atoms with van der Waals surface area (Å²) in [4.78, 5) is 13.5. The first kappa shape index (κ1) is 14.3. The SMILES string of the molecule is COCCNC(=O)CN(C)C(C)C(N)=S. The molecule has 15 heavy (non-hydrogen) atoms. The summed E-state index contributed by atoms with van der Waals surface area (Å²) in [7, 11) is 3.40. The predicted octanol–water partition coefficient (Wildman–Crippen LogP) is -0.645. The van der Waals surface area contributed by atoms with E-state index in [-0.39, 0.29) is 18.5 Å². The Morgan fingerprint density at radius 3 is 2.73 bits per heavy atom. The molecule has 1 amide bonds. The van der Waals surface area contributed by atoms with Crippen LogP contribution in [0.2, 0.25) is 0 Å². The van der Waals surface area contributed by atoms with Gasteiger partial charge in [-0.3, -0.25) is 9.69 Å². The van der Waals surface area contributed by atoms with Crippen LogP contribution in [-0.2, 0) is 9.53 Å². The fourth-order valence-electron chi connectivity index (χ4n) is 0.929. The zero-order chi connectivity index (χ0) is 11.8. The molecule has 0 heterocycles. The number of carbonyl (C=O) groups is 1. The highest BCUT2D eigenvalue weighted by atomic mass is 32.1. The number of amides is 1. The molecule has 1 unspecified atom stereocenters. The quantitative estimate of drug-likeness (QED) is 0.452. The van der Waals surface area contributed by atoms with Crippen molar-refractivity contribution < 1.29 is 9.53 Å². The van der Waals surface area contributed by atoms with Gasteiger partial charge in [0.1, 0.15) is 0 Å². The van der Waals surface area contributed by atoms with E-state index < -0.39 is 0 Å². The lowest BCUT2D eigenvalue weighted by Gasteiger charge is -2.22. The molecule has 0 saturated carbocycles. The normalized spacial score (nSPS) is 12.5. The van der Waals surface area contributed by atoms with Gasteiger partial charge < -0.3 is 15.8 Å². The van der Waals surface area contributed by atoms with Crippen molar-refractivity contribution in [2.75, 3.05) is 33.9 Å². The number of hydrogen-bond donors (Lipinski definition) is 2. The number of nitrogens with two attached hydrogens (primary N) is 1. The number of thiocarbonyl (C=S) groups is 1. The largest absolute Gasteiger partial charge is 0.392 e. The molecular weight excluding hydrogens is 214 g/mol. The van der Waals surface area contributed by atoms with Crippen molar-refractivity contribution in [3.05, 3.63) is 0 Å². The summed E-state index contributed by atoms with van der Waals surface area (Å²) in [5, 5.41) is 2.72. The second-order valence-electron chi connectivity index (χ2n) is 3.34. The number of nitrogens with zero attached hydrogens (tertiary/aromatic N) is 1. The minimum atomic E-state index is -0.0758. The molecule has 1 atom stereocenters. The van der Waals surface area contributed by atoms with E-state index in [9.17, 15) is 4.79 Å². The maximum Gasteiger partial charge on any atom is 0.234 e. The number of likely N-dealkylation sites (N-methyl/N-ethyl adjacent to an activating group) is 1. The smallest absolute Gasteiger partial charge is 0.234 e. The Hall–Kier alpha value is -0.720. The summed E-state index contributed by atoms with van der Waals surface area (Å²) in [6, 6.07) is -0.0758. The maximum absolute atomic E-state index is 11.4. The summed E-state index contributed by atoms with van der Waals surface area (Å²) in [6.07, 6.45) is 0. The van der Waals surface area contributed by atoms with Crippen LogP contribution in [0.25, 0.3) is 0 Å². The van der Waals surface area contributed by atoms with E-state index in [4.69, 9.17) is 22.7 Å². The average molecular weight is 233 g/mol. The molecule has 0 fully saturated rings. The van der Waals surface area contributed by atoms with Gasteiger partial charge in [-0.05, 0) is 14.0 Å². The van der Waals surface area contributed by atoms with E-state index in [0.717, 1.165) is 0 Å². The molecule has 0 radical (unpaired) electrons. The van der Waals surface area contributed by atoms with Gasteiger partial charge >= 0.3 is 0 Å². The van der Waals surface area contributed by atoms with Crippen LogP contribution in [0.3, 0.4) is 0 Å². The van der Waals surface area contributed by atoms with Crippen molar-refractivity contribution in [3.63, 3.8) is 0 Å². The highest BCUT2D eigenvalue weighted by molar-refractivity contribution is 7.80. The van der Waals surface area contributed by atoms with E-state index >= 15 is 0 Å². The third-order valence-corrected chi connectivity index (χ3v) is 2.44. The second kappa shape index (κ2) is 7.56. The number of nitrogens with one attached hydrogen (secondary N) is 1. The molecule has 0 rings (SSSR count). The van der Waals surface area contributed by atoms with Crippen molar-refractivity contribution in [3.8, 4) is 0 Å². The standard InChI is InChI=1S/C9H19N3O2S/c1-7(9(10)15)12(2)6-8(13)11-4-5-14-3/h7H,4-6H2,1-3H3,(H2,10,15)(H,11,13). The molecule has 0 aromatic rings. The van der Waals surface area contributed by atoms with Gasteiger partial charge in [0.2, 0.25) is 5.91 Å². The van der Waals surface area contributed by atoms with Crippen molar-refractivity contribution in [1.29, 1.82) is 0 Å². The van der Waals surface area contributed by atoms with Gasteiger partial charge in [-0.15, -0.1) is 0 Å². The van der Waals surface area contributed by atoms with Crippen molar-refractivity contribution in [2.45, 2.75) is 13.0 Å². The molecule has 3 N–H and O–H groups in total. The second-order valence-corrected chi connectivity index (χ2v) is 3.81. The van der Waals surface area contributed by atoms with Crippen molar-refractivity contribution in [1.82, 2.24) is 10.2 Å². The summed E-state index contributed by atoms with van der Waals surface area (Å²) < 4.78 is 4.81. The number of ether oxygens (including phenoxy) is 1. The first-order valence-corrected chi connectivity index (χ1v) is 5.15. The number of methoxy groups -OCH3 is 1. The van der Waals surface area contributed by atoms with E-state index in [2.05, 4.69) is 5.32 Å². The zero-order valence-corrected chi connectivity index (χ0v) is 10.3. The van der Waals surface area contributed by atoms with E-state index in [1.807, 2.05) is 6.92 Å². The zero-order valence-electron chi connectivity index (χ0n) is 9.45. The van der Waals surface area contributed by atoms with Gasteiger partial charge in [-0.1, -0.05) is 12.2 Å². The molecule has 0 aromatic heterocycles. The van der Waals surface area contributed by atoms with Crippen LogP contribution in [0.4, 0.5) is 0 Å². The topological polar surface area (TPSA) is 67.6 Å². The van der Waals surface area contributed by atoms with E-state index in [0.29, 0.717) is 18.1 Å². The molecule has 0 spiro atoms. The number of carbonyl (C=O) groups excluding carboxylic acids is 1. The first-order valence-electron chi connectivity index (χ1n) is 4.74.